The second kappa shape index (κ2) is 5.79. The molecule has 21 heavy (non-hydrogen) atoms. The second-order valence-corrected chi connectivity index (χ2v) is 5.84. The Bertz CT molecular complexity index is 715. The minimum absolute atomic E-state index is 0.0734. The number of benzene rings is 2. The molecule has 2 aromatic carbocycles. The minimum atomic E-state index is -0.482. The number of nitrogens with one attached hydrogen (secondary N) is 1. The molecule has 6 heteroatoms. The number of carbonyl (C=O) groups is 2. The zero-order chi connectivity index (χ0) is 14.8. The van der Waals surface area contributed by atoms with Gasteiger partial charge in [0.05, 0.1) is 17.0 Å². The van der Waals surface area contributed by atoms with Gasteiger partial charge < -0.3 is 10.1 Å². The van der Waals surface area contributed by atoms with Gasteiger partial charge in [0.2, 0.25) is 5.91 Å². The summed E-state index contributed by atoms with van der Waals surface area (Å²) < 4.78 is 5.26. The van der Waals surface area contributed by atoms with E-state index < -0.39 is 5.97 Å². The van der Waals surface area contributed by atoms with Crippen molar-refractivity contribution in [3.05, 3.63) is 53.1 Å². The van der Waals surface area contributed by atoms with Gasteiger partial charge in [-0.05, 0) is 42.5 Å². The highest BCUT2D eigenvalue weighted by atomic mass is 35.5. The molecule has 0 saturated heterocycles. The Kier molecular flexibility index (Phi) is 3.86. The highest BCUT2D eigenvalue weighted by Crippen LogP contribution is 2.32. The van der Waals surface area contributed by atoms with Crippen molar-refractivity contribution in [1.29, 1.82) is 0 Å². The van der Waals surface area contributed by atoms with Crippen molar-refractivity contribution in [2.75, 3.05) is 11.1 Å². The van der Waals surface area contributed by atoms with Gasteiger partial charge in [-0.1, -0.05) is 11.6 Å². The molecule has 0 saturated carbocycles. The number of halogens is 1. The van der Waals surface area contributed by atoms with Crippen LogP contribution in [0.2, 0.25) is 5.02 Å². The van der Waals surface area contributed by atoms with Gasteiger partial charge in [-0.15, -0.1) is 11.8 Å². The quantitative estimate of drug-likeness (QED) is 0.678. The summed E-state index contributed by atoms with van der Waals surface area (Å²) in [5.74, 6) is 0.253. The molecule has 1 N–H and O–H groups in total. The van der Waals surface area contributed by atoms with E-state index in [0.29, 0.717) is 27.8 Å². The van der Waals surface area contributed by atoms with Gasteiger partial charge in [-0.3, -0.25) is 4.79 Å². The van der Waals surface area contributed by atoms with Crippen LogP contribution in [-0.4, -0.2) is 17.6 Å². The minimum Gasteiger partial charge on any atom is -0.423 e. The average Bonchev–Trinajstić information content (AvgIpc) is 2.48. The number of esters is 1. The monoisotopic (exact) mass is 319 g/mol. The predicted octanol–water partition coefficient (Wildman–Crippen LogP) is 3.60. The number of anilines is 1. The van der Waals surface area contributed by atoms with E-state index in [2.05, 4.69) is 5.32 Å². The van der Waals surface area contributed by atoms with Crippen molar-refractivity contribution in [2.24, 2.45) is 0 Å². The topological polar surface area (TPSA) is 55.4 Å². The van der Waals surface area contributed by atoms with Gasteiger partial charge in [0.1, 0.15) is 5.75 Å². The zero-order valence-electron chi connectivity index (χ0n) is 10.8. The molecule has 0 spiro atoms. The summed E-state index contributed by atoms with van der Waals surface area (Å²) in [5.41, 5.74) is 1.02. The first-order chi connectivity index (χ1) is 10.1. The van der Waals surface area contributed by atoms with Crippen LogP contribution < -0.4 is 10.1 Å². The molecule has 0 atom stereocenters. The zero-order valence-corrected chi connectivity index (χ0v) is 12.3. The van der Waals surface area contributed by atoms with Crippen LogP contribution in [0, 0.1) is 0 Å². The molecule has 2 aromatic rings. The molecular formula is C15H10ClNO3S. The van der Waals surface area contributed by atoms with Crippen LogP contribution in [0.25, 0.3) is 0 Å². The van der Waals surface area contributed by atoms with E-state index in [1.807, 2.05) is 0 Å². The van der Waals surface area contributed by atoms with Crippen molar-refractivity contribution in [3.63, 3.8) is 0 Å². The van der Waals surface area contributed by atoms with Crippen LogP contribution >= 0.6 is 23.4 Å². The van der Waals surface area contributed by atoms with E-state index in [1.54, 1.807) is 42.5 Å². The van der Waals surface area contributed by atoms with Crippen LogP contribution in [-0.2, 0) is 4.79 Å². The molecule has 0 unspecified atom stereocenters. The van der Waals surface area contributed by atoms with Crippen molar-refractivity contribution in [1.82, 2.24) is 0 Å². The average molecular weight is 320 g/mol. The number of rotatable bonds is 2. The Morgan fingerprint density at radius 1 is 1.19 bits per heavy atom. The Morgan fingerprint density at radius 3 is 2.71 bits per heavy atom. The first-order valence-electron chi connectivity index (χ1n) is 6.16. The fourth-order valence-corrected chi connectivity index (χ4v) is 2.79. The summed E-state index contributed by atoms with van der Waals surface area (Å²) >= 11 is 7.22. The summed E-state index contributed by atoms with van der Waals surface area (Å²) in [7, 11) is 0. The molecule has 0 fully saturated rings. The molecular weight excluding hydrogens is 310 g/mol. The molecule has 0 bridgehead atoms. The molecule has 0 aliphatic carbocycles. The van der Waals surface area contributed by atoms with Gasteiger partial charge in [-0.25, -0.2) is 4.79 Å². The molecule has 0 aromatic heterocycles. The van der Waals surface area contributed by atoms with Gasteiger partial charge in [0.15, 0.2) is 0 Å². The Morgan fingerprint density at radius 2 is 1.95 bits per heavy atom. The molecule has 3 rings (SSSR count). The summed E-state index contributed by atoms with van der Waals surface area (Å²) in [6.45, 7) is 0. The highest BCUT2D eigenvalue weighted by Gasteiger charge is 2.18. The molecule has 4 nitrogen and oxygen atoms in total. The third kappa shape index (κ3) is 3.20. The standard InChI is InChI=1S/C15H10ClNO3S/c16-10-2-4-11(5-3-10)20-15(19)9-1-6-13-12(7-9)17-14(18)8-21-13/h1-7H,8H2,(H,17,18). The lowest BCUT2D eigenvalue weighted by molar-refractivity contribution is -0.113. The molecule has 1 heterocycles. The summed E-state index contributed by atoms with van der Waals surface area (Å²) in [5, 5.41) is 3.31. The van der Waals surface area contributed by atoms with Crippen LogP contribution in [0.3, 0.4) is 0 Å². The molecule has 1 amide bonds. The van der Waals surface area contributed by atoms with E-state index in [0.717, 1.165) is 4.90 Å². The van der Waals surface area contributed by atoms with Gasteiger partial charge in [-0.2, -0.15) is 0 Å². The van der Waals surface area contributed by atoms with E-state index in [-0.39, 0.29) is 5.91 Å². The van der Waals surface area contributed by atoms with Crippen molar-refractivity contribution in [2.45, 2.75) is 4.90 Å². The van der Waals surface area contributed by atoms with E-state index in [1.165, 1.54) is 11.8 Å². The molecule has 1 aliphatic heterocycles. The highest BCUT2D eigenvalue weighted by molar-refractivity contribution is 8.00. The normalized spacial score (nSPS) is 13.3. The maximum Gasteiger partial charge on any atom is 0.343 e. The maximum absolute atomic E-state index is 12.1. The van der Waals surface area contributed by atoms with Crippen molar-refractivity contribution >= 4 is 40.9 Å². The lowest BCUT2D eigenvalue weighted by Gasteiger charge is -2.16. The van der Waals surface area contributed by atoms with Crippen molar-refractivity contribution < 1.29 is 14.3 Å². The van der Waals surface area contributed by atoms with Gasteiger partial charge in [0, 0.05) is 9.92 Å². The lowest BCUT2D eigenvalue weighted by Crippen LogP contribution is -2.19. The fourth-order valence-electron chi connectivity index (χ4n) is 1.88. The third-order valence-electron chi connectivity index (χ3n) is 2.87. The van der Waals surface area contributed by atoms with E-state index in [4.69, 9.17) is 16.3 Å². The van der Waals surface area contributed by atoms with E-state index >= 15 is 0 Å². The SMILES string of the molecule is O=C1CSc2ccc(C(=O)Oc3ccc(Cl)cc3)cc2N1. The Balaban J connectivity index is 1.80. The number of hydrogen-bond acceptors (Lipinski definition) is 4. The Hall–Kier alpha value is -1.98. The number of fused-ring (bicyclic) bond motifs is 1. The summed E-state index contributed by atoms with van der Waals surface area (Å²) in [4.78, 5) is 24.4. The number of thioether (sulfide) groups is 1. The van der Waals surface area contributed by atoms with Crippen LogP contribution in [0.1, 0.15) is 10.4 Å². The Labute approximate surface area is 130 Å². The second-order valence-electron chi connectivity index (χ2n) is 4.39. The largest absolute Gasteiger partial charge is 0.423 e. The fraction of sp³-hybridized carbons (Fsp3) is 0.0667. The molecule has 106 valence electrons. The first kappa shape index (κ1) is 14.0. The number of amides is 1. The third-order valence-corrected chi connectivity index (χ3v) is 4.20. The van der Waals surface area contributed by atoms with Crippen LogP contribution in [0.4, 0.5) is 5.69 Å². The first-order valence-corrected chi connectivity index (χ1v) is 7.52. The van der Waals surface area contributed by atoms with Crippen LogP contribution in [0.15, 0.2) is 47.4 Å². The number of carbonyl (C=O) groups excluding carboxylic acids is 2. The van der Waals surface area contributed by atoms with Crippen molar-refractivity contribution in [3.8, 4) is 5.75 Å². The van der Waals surface area contributed by atoms with Crippen LogP contribution in [0.5, 0.6) is 5.75 Å². The predicted molar refractivity (Wildman–Crippen MR) is 82.2 cm³/mol. The van der Waals surface area contributed by atoms with Gasteiger partial charge >= 0.3 is 5.97 Å². The summed E-state index contributed by atoms with van der Waals surface area (Å²) in [6.07, 6.45) is 0. The molecule has 0 radical (unpaired) electrons. The summed E-state index contributed by atoms with van der Waals surface area (Å²) in [6, 6.07) is 11.6. The van der Waals surface area contributed by atoms with E-state index in [9.17, 15) is 9.59 Å². The van der Waals surface area contributed by atoms with Gasteiger partial charge in [0.25, 0.3) is 0 Å². The maximum atomic E-state index is 12.1. The molecule has 1 aliphatic rings. The smallest absolute Gasteiger partial charge is 0.343 e. The lowest BCUT2D eigenvalue weighted by atomic mass is 10.2. The number of ether oxygens (including phenoxy) is 1. The number of hydrogen-bond donors (Lipinski definition) is 1.